The van der Waals surface area contributed by atoms with Crippen LogP contribution in [0.1, 0.15) is 5.69 Å². The lowest BCUT2D eigenvalue weighted by Gasteiger charge is -2.04. The molecule has 2 aromatic rings. The minimum absolute atomic E-state index is 0.0697. The van der Waals surface area contributed by atoms with Gasteiger partial charge in [0.05, 0.1) is 12.3 Å². The second-order valence-corrected chi connectivity index (χ2v) is 3.31. The van der Waals surface area contributed by atoms with Crippen LogP contribution in [0, 0.1) is 6.92 Å². The molecule has 6 heteroatoms. The molecule has 0 aliphatic heterocycles. The van der Waals surface area contributed by atoms with Crippen molar-refractivity contribution in [1.29, 1.82) is 0 Å². The molecular weight excluding hydrogens is 206 g/mol. The topological polar surface area (TPSA) is 75.9 Å². The van der Waals surface area contributed by atoms with Crippen molar-refractivity contribution in [3.63, 3.8) is 0 Å². The highest BCUT2D eigenvalue weighted by Gasteiger charge is 2.01. The first-order valence-corrected chi connectivity index (χ1v) is 4.99. The van der Waals surface area contributed by atoms with E-state index in [1.807, 2.05) is 19.2 Å². The van der Waals surface area contributed by atoms with Crippen LogP contribution in [0.4, 0.5) is 5.82 Å². The lowest BCUT2D eigenvalue weighted by Crippen LogP contribution is -2.08. The predicted octanol–water partition coefficient (Wildman–Crippen LogP) is 0.375. The van der Waals surface area contributed by atoms with Gasteiger partial charge in [-0.2, -0.15) is 5.10 Å². The van der Waals surface area contributed by atoms with E-state index in [9.17, 15) is 0 Å². The summed E-state index contributed by atoms with van der Waals surface area (Å²) in [7, 11) is 0. The van der Waals surface area contributed by atoms with Crippen LogP contribution in [0.2, 0.25) is 0 Å². The minimum atomic E-state index is 0.0697. The number of aliphatic hydroxyl groups is 1. The van der Waals surface area contributed by atoms with Gasteiger partial charge in [0.2, 0.25) is 0 Å². The van der Waals surface area contributed by atoms with E-state index in [4.69, 9.17) is 5.11 Å². The number of aliphatic hydroxyl groups excluding tert-OH is 1. The first-order chi connectivity index (χ1) is 7.79. The van der Waals surface area contributed by atoms with Crippen molar-refractivity contribution >= 4 is 5.82 Å². The number of aromatic nitrogens is 4. The van der Waals surface area contributed by atoms with Crippen molar-refractivity contribution in [3.05, 3.63) is 30.4 Å². The third-order valence-corrected chi connectivity index (χ3v) is 2.03. The minimum Gasteiger partial charge on any atom is -0.395 e. The van der Waals surface area contributed by atoms with E-state index in [1.54, 1.807) is 10.7 Å². The maximum atomic E-state index is 8.69. The lowest BCUT2D eigenvalue weighted by molar-refractivity contribution is 0.311. The Hall–Kier alpha value is -1.95. The summed E-state index contributed by atoms with van der Waals surface area (Å²) >= 11 is 0. The Kier molecular flexibility index (Phi) is 3.11. The monoisotopic (exact) mass is 219 g/mol. The van der Waals surface area contributed by atoms with Crippen LogP contribution < -0.4 is 5.32 Å². The normalized spacial score (nSPS) is 10.4. The van der Waals surface area contributed by atoms with Crippen LogP contribution in [0.5, 0.6) is 0 Å². The van der Waals surface area contributed by atoms with Gasteiger partial charge in [0, 0.05) is 18.8 Å². The molecule has 0 radical (unpaired) electrons. The van der Waals surface area contributed by atoms with E-state index in [0.29, 0.717) is 18.2 Å². The lowest BCUT2D eigenvalue weighted by atomic mass is 10.5. The van der Waals surface area contributed by atoms with Crippen LogP contribution in [0.3, 0.4) is 0 Å². The SMILES string of the molecule is Cc1ccn(-c2cc(NCCO)ncn2)n1. The van der Waals surface area contributed by atoms with Gasteiger partial charge in [-0.15, -0.1) is 0 Å². The molecule has 2 rings (SSSR count). The van der Waals surface area contributed by atoms with Crippen LogP contribution in [0.15, 0.2) is 24.7 Å². The molecule has 2 aromatic heterocycles. The Morgan fingerprint density at radius 3 is 3.00 bits per heavy atom. The fraction of sp³-hybridized carbons (Fsp3) is 0.300. The number of rotatable bonds is 4. The van der Waals surface area contributed by atoms with Crippen molar-refractivity contribution in [2.45, 2.75) is 6.92 Å². The molecule has 0 saturated carbocycles. The van der Waals surface area contributed by atoms with Gasteiger partial charge in [-0.05, 0) is 13.0 Å². The Morgan fingerprint density at radius 2 is 2.31 bits per heavy atom. The van der Waals surface area contributed by atoms with E-state index in [0.717, 1.165) is 5.69 Å². The molecule has 0 aromatic carbocycles. The molecule has 0 spiro atoms. The largest absolute Gasteiger partial charge is 0.395 e. The zero-order chi connectivity index (χ0) is 11.4. The van der Waals surface area contributed by atoms with Crippen LogP contribution >= 0.6 is 0 Å². The van der Waals surface area contributed by atoms with E-state index >= 15 is 0 Å². The zero-order valence-electron chi connectivity index (χ0n) is 8.96. The molecule has 0 fully saturated rings. The van der Waals surface area contributed by atoms with Gasteiger partial charge in [-0.3, -0.25) is 0 Å². The summed E-state index contributed by atoms with van der Waals surface area (Å²) in [6.07, 6.45) is 3.31. The second-order valence-electron chi connectivity index (χ2n) is 3.31. The molecule has 0 atom stereocenters. The predicted molar refractivity (Wildman–Crippen MR) is 59.5 cm³/mol. The Morgan fingerprint density at radius 1 is 1.44 bits per heavy atom. The number of aryl methyl sites for hydroxylation is 1. The zero-order valence-corrected chi connectivity index (χ0v) is 8.96. The van der Waals surface area contributed by atoms with Crippen molar-refractivity contribution < 1.29 is 5.11 Å². The fourth-order valence-corrected chi connectivity index (χ4v) is 1.30. The number of hydrogen-bond acceptors (Lipinski definition) is 5. The number of nitrogens with one attached hydrogen (secondary N) is 1. The summed E-state index contributed by atoms with van der Waals surface area (Å²) in [6.45, 7) is 2.46. The first kappa shape index (κ1) is 10.6. The molecule has 0 aliphatic carbocycles. The molecule has 0 saturated heterocycles. The Balaban J connectivity index is 2.22. The second kappa shape index (κ2) is 4.71. The average Bonchev–Trinajstić information content (AvgIpc) is 2.74. The standard InChI is InChI=1S/C10H13N5O/c1-8-2-4-15(14-8)10-6-9(11-3-5-16)12-7-13-10/h2,4,6-7,16H,3,5H2,1H3,(H,11,12,13). The van der Waals surface area contributed by atoms with E-state index in [1.165, 1.54) is 6.33 Å². The van der Waals surface area contributed by atoms with Crippen LogP contribution in [-0.4, -0.2) is 38.0 Å². The van der Waals surface area contributed by atoms with Gasteiger partial charge in [-0.25, -0.2) is 14.6 Å². The third kappa shape index (κ3) is 2.34. The summed E-state index contributed by atoms with van der Waals surface area (Å²) in [6, 6.07) is 3.69. The van der Waals surface area contributed by atoms with Gasteiger partial charge in [0.15, 0.2) is 5.82 Å². The van der Waals surface area contributed by atoms with Gasteiger partial charge >= 0.3 is 0 Å². The highest BCUT2D eigenvalue weighted by Crippen LogP contribution is 2.08. The molecular formula is C10H13N5O. The van der Waals surface area contributed by atoms with Crippen LogP contribution in [-0.2, 0) is 0 Å². The van der Waals surface area contributed by atoms with Crippen molar-refractivity contribution in [1.82, 2.24) is 19.7 Å². The summed E-state index contributed by atoms with van der Waals surface area (Å²) in [4.78, 5) is 8.15. The van der Waals surface area contributed by atoms with Gasteiger partial charge in [0.1, 0.15) is 12.1 Å². The molecule has 0 bridgehead atoms. The summed E-state index contributed by atoms with van der Waals surface area (Å²) in [5.74, 6) is 1.37. The number of nitrogens with zero attached hydrogens (tertiary/aromatic N) is 4. The molecule has 2 N–H and O–H groups in total. The van der Waals surface area contributed by atoms with Crippen molar-refractivity contribution in [3.8, 4) is 5.82 Å². The highest BCUT2D eigenvalue weighted by molar-refractivity contribution is 5.40. The van der Waals surface area contributed by atoms with Gasteiger partial charge in [-0.1, -0.05) is 0 Å². The smallest absolute Gasteiger partial charge is 0.158 e. The van der Waals surface area contributed by atoms with Crippen LogP contribution in [0.25, 0.3) is 5.82 Å². The maximum absolute atomic E-state index is 8.69. The summed E-state index contributed by atoms with van der Waals surface area (Å²) in [5, 5.41) is 15.9. The average molecular weight is 219 g/mol. The molecule has 2 heterocycles. The number of anilines is 1. The molecule has 6 nitrogen and oxygen atoms in total. The Bertz CT molecular complexity index is 468. The molecule has 16 heavy (non-hydrogen) atoms. The van der Waals surface area contributed by atoms with Gasteiger partial charge < -0.3 is 10.4 Å². The molecule has 0 aliphatic rings. The quantitative estimate of drug-likeness (QED) is 0.777. The Labute approximate surface area is 93.0 Å². The molecule has 0 amide bonds. The summed E-state index contributed by atoms with van der Waals surface area (Å²) in [5.41, 5.74) is 0.934. The number of hydrogen-bond donors (Lipinski definition) is 2. The first-order valence-electron chi connectivity index (χ1n) is 4.99. The highest BCUT2D eigenvalue weighted by atomic mass is 16.3. The van der Waals surface area contributed by atoms with E-state index in [2.05, 4.69) is 20.4 Å². The van der Waals surface area contributed by atoms with Crippen molar-refractivity contribution in [2.75, 3.05) is 18.5 Å². The molecule has 0 unspecified atom stereocenters. The molecule has 84 valence electrons. The maximum Gasteiger partial charge on any atom is 0.158 e. The third-order valence-electron chi connectivity index (χ3n) is 2.03. The summed E-state index contributed by atoms with van der Waals surface area (Å²) < 4.78 is 1.68. The van der Waals surface area contributed by atoms with Gasteiger partial charge in [0.25, 0.3) is 0 Å². The van der Waals surface area contributed by atoms with E-state index < -0.39 is 0 Å². The van der Waals surface area contributed by atoms with Crippen molar-refractivity contribution in [2.24, 2.45) is 0 Å². The van der Waals surface area contributed by atoms with E-state index in [-0.39, 0.29) is 6.61 Å². The fourth-order valence-electron chi connectivity index (χ4n) is 1.30.